The molecule has 7 heteroatoms. The maximum atomic E-state index is 12.6. The summed E-state index contributed by atoms with van der Waals surface area (Å²) in [7, 11) is 0. The summed E-state index contributed by atoms with van der Waals surface area (Å²) in [6.07, 6.45) is 7.72. The Labute approximate surface area is 157 Å². The second-order valence-electron chi connectivity index (χ2n) is 6.87. The largest absolute Gasteiger partial charge is 0.481 e. The maximum Gasteiger partial charge on any atom is 0.303 e. The average Bonchev–Trinajstić information content (AvgIpc) is 3.01. The zero-order valence-corrected chi connectivity index (χ0v) is 15.9. The minimum Gasteiger partial charge on any atom is -0.481 e. The van der Waals surface area contributed by atoms with E-state index in [1.807, 2.05) is 40.8 Å². The number of amides is 1. The van der Waals surface area contributed by atoms with Crippen LogP contribution in [0.4, 0.5) is 0 Å². The highest BCUT2D eigenvalue weighted by atomic mass is 32.2. The van der Waals surface area contributed by atoms with E-state index in [2.05, 4.69) is 4.98 Å². The number of carboxylic acids is 1. The third kappa shape index (κ3) is 4.78. The van der Waals surface area contributed by atoms with E-state index in [0.717, 1.165) is 37.1 Å². The molecule has 0 spiro atoms. The molecule has 1 unspecified atom stereocenters. The predicted octanol–water partition coefficient (Wildman–Crippen LogP) is 3.12. The SMILES string of the molecule is Cc1ccc2nc(CSCC(=O)N3CCCCC3CCC(=O)O)cn2c1. The van der Waals surface area contributed by atoms with Gasteiger partial charge in [0.25, 0.3) is 0 Å². The number of thioether (sulfide) groups is 1. The quantitative estimate of drug-likeness (QED) is 0.805. The molecule has 1 amide bonds. The van der Waals surface area contributed by atoms with Gasteiger partial charge in [-0.15, -0.1) is 11.8 Å². The molecule has 1 saturated heterocycles. The third-order valence-electron chi connectivity index (χ3n) is 4.76. The monoisotopic (exact) mass is 375 g/mol. The fraction of sp³-hybridized carbons (Fsp3) is 0.526. The smallest absolute Gasteiger partial charge is 0.303 e. The Balaban J connectivity index is 1.52. The Kier molecular flexibility index (Phi) is 6.19. The van der Waals surface area contributed by atoms with Crippen molar-refractivity contribution in [3.05, 3.63) is 35.8 Å². The van der Waals surface area contributed by atoms with E-state index in [0.29, 0.717) is 17.9 Å². The van der Waals surface area contributed by atoms with Crippen molar-refractivity contribution in [3.8, 4) is 0 Å². The van der Waals surface area contributed by atoms with Crippen LogP contribution >= 0.6 is 11.8 Å². The summed E-state index contributed by atoms with van der Waals surface area (Å²) in [6, 6.07) is 4.11. The molecule has 0 radical (unpaired) electrons. The average molecular weight is 375 g/mol. The maximum absolute atomic E-state index is 12.6. The third-order valence-corrected chi connectivity index (χ3v) is 5.71. The van der Waals surface area contributed by atoms with Crippen LogP contribution in [0.2, 0.25) is 0 Å². The lowest BCUT2D eigenvalue weighted by Crippen LogP contribution is -2.44. The van der Waals surface area contributed by atoms with Gasteiger partial charge >= 0.3 is 5.97 Å². The number of imidazole rings is 1. The highest BCUT2D eigenvalue weighted by Gasteiger charge is 2.26. The van der Waals surface area contributed by atoms with Gasteiger partial charge < -0.3 is 14.4 Å². The van der Waals surface area contributed by atoms with Crippen LogP contribution in [0.15, 0.2) is 24.5 Å². The van der Waals surface area contributed by atoms with E-state index in [9.17, 15) is 9.59 Å². The Morgan fingerprint density at radius 1 is 1.31 bits per heavy atom. The molecule has 2 aromatic rings. The zero-order chi connectivity index (χ0) is 18.5. The van der Waals surface area contributed by atoms with Gasteiger partial charge in [0.2, 0.25) is 5.91 Å². The van der Waals surface area contributed by atoms with E-state index < -0.39 is 5.97 Å². The van der Waals surface area contributed by atoms with Crippen LogP contribution in [0.5, 0.6) is 0 Å². The van der Waals surface area contributed by atoms with Crippen molar-refractivity contribution >= 4 is 29.3 Å². The van der Waals surface area contributed by atoms with Crippen LogP contribution in [0.3, 0.4) is 0 Å². The summed E-state index contributed by atoms with van der Waals surface area (Å²) in [5.74, 6) is 0.431. The highest BCUT2D eigenvalue weighted by Crippen LogP contribution is 2.23. The molecule has 6 nitrogen and oxygen atoms in total. The normalized spacial score (nSPS) is 17.6. The first-order chi connectivity index (χ1) is 12.5. The van der Waals surface area contributed by atoms with Gasteiger partial charge in [0.05, 0.1) is 11.4 Å². The lowest BCUT2D eigenvalue weighted by atomic mass is 9.98. The van der Waals surface area contributed by atoms with E-state index >= 15 is 0 Å². The van der Waals surface area contributed by atoms with Crippen molar-refractivity contribution in [2.75, 3.05) is 12.3 Å². The number of rotatable bonds is 7. The molecule has 2 aromatic heterocycles. The molecule has 3 heterocycles. The van der Waals surface area contributed by atoms with Gasteiger partial charge in [0.1, 0.15) is 5.65 Å². The van der Waals surface area contributed by atoms with E-state index in [4.69, 9.17) is 5.11 Å². The summed E-state index contributed by atoms with van der Waals surface area (Å²) in [6.45, 7) is 2.79. The minimum atomic E-state index is -0.792. The fourth-order valence-electron chi connectivity index (χ4n) is 3.47. The van der Waals surface area contributed by atoms with E-state index in [1.54, 1.807) is 11.8 Å². The summed E-state index contributed by atoms with van der Waals surface area (Å²) < 4.78 is 2.01. The Morgan fingerprint density at radius 2 is 2.15 bits per heavy atom. The van der Waals surface area contributed by atoms with Gasteiger partial charge in [-0.3, -0.25) is 9.59 Å². The number of hydrogen-bond acceptors (Lipinski definition) is 4. The first-order valence-electron chi connectivity index (χ1n) is 9.06. The molecule has 1 aliphatic heterocycles. The molecule has 1 aliphatic rings. The number of aliphatic carboxylic acids is 1. The number of hydrogen-bond donors (Lipinski definition) is 1. The Hall–Kier alpha value is -2.02. The van der Waals surface area contributed by atoms with Crippen molar-refractivity contribution in [1.82, 2.24) is 14.3 Å². The molecule has 0 aliphatic carbocycles. The summed E-state index contributed by atoms with van der Waals surface area (Å²) >= 11 is 1.57. The summed E-state index contributed by atoms with van der Waals surface area (Å²) in [4.78, 5) is 29.9. The number of aromatic nitrogens is 2. The zero-order valence-electron chi connectivity index (χ0n) is 15.1. The van der Waals surface area contributed by atoms with Crippen molar-refractivity contribution in [2.45, 2.75) is 50.8 Å². The van der Waals surface area contributed by atoms with Gasteiger partial charge in [0.15, 0.2) is 0 Å². The lowest BCUT2D eigenvalue weighted by Gasteiger charge is -2.35. The topological polar surface area (TPSA) is 74.9 Å². The van der Waals surface area contributed by atoms with E-state index in [1.165, 1.54) is 5.56 Å². The van der Waals surface area contributed by atoms with E-state index in [-0.39, 0.29) is 18.4 Å². The number of likely N-dealkylation sites (tertiary alicyclic amines) is 1. The second kappa shape index (κ2) is 8.58. The van der Waals surface area contributed by atoms with Crippen LogP contribution in [0.1, 0.15) is 43.4 Å². The predicted molar refractivity (Wildman–Crippen MR) is 102 cm³/mol. The minimum absolute atomic E-state index is 0.0751. The molecule has 26 heavy (non-hydrogen) atoms. The molecule has 0 saturated carbocycles. The summed E-state index contributed by atoms with van der Waals surface area (Å²) in [5, 5.41) is 8.90. The second-order valence-corrected chi connectivity index (χ2v) is 7.85. The first kappa shape index (κ1) is 18.8. The number of nitrogens with zero attached hydrogens (tertiary/aromatic N) is 3. The number of carbonyl (C=O) groups is 2. The fourth-order valence-corrected chi connectivity index (χ4v) is 4.26. The number of pyridine rings is 1. The molecule has 3 rings (SSSR count). The van der Waals surface area contributed by atoms with Gasteiger partial charge in [-0.25, -0.2) is 4.98 Å². The summed E-state index contributed by atoms with van der Waals surface area (Å²) in [5.41, 5.74) is 3.07. The molecule has 1 atom stereocenters. The van der Waals surface area contributed by atoms with Gasteiger partial charge in [-0.05, 0) is 44.2 Å². The first-order valence-corrected chi connectivity index (χ1v) is 10.2. The lowest BCUT2D eigenvalue weighted by molar-refractivity contribution is -0.139. The number of aryl methyl sites for hydroxylation is 1. The molecule has 1 N–H and O–H groups in total. The molecular weight excluding hydrogens is 350 g/mol. The molecule has 0 bridgehead atoms. The molecule has 140 valence electrons. The van der Waals surface area contributed by atoms with Crippen LogP contribution in [0.25, 0.3) is 5.65 Å². The van der Waals surface area contributed by atoms with Crippen molar-refractivity contribution in [3.63, 3.8) is 0 Å². The number of carbonyl (C=O) groups excluding carboxylic acids is 1. The molecular formula is C19H25N3O3S. The van der Waals surface area contributed by atoms with Crippen molar-refractivity contribution < 1.29 is 14.7 Å². The van der Waals surface area contributed by atoms with Gasteiger partial charge in [-0.2, -0.15) is 0 Å². The van der Waals surface area contributed by atoms with Gasteiger partial charge in [0, 0.05) is 37.2 Å². The highest BCUT2D eigenvalue weighted by molar-refractivity contribution is 7.99. The van der Waals surface area contributed by atoms with Crippen LogP contribution in [-0.4, -0.2) is 49.6 Å². The number of carboxylic acid groups (broad SMARTS) is 1. The van der Waals surface area contributed by atoms with Gasteiger partial charge in [-0.1, -0.05) is 6.07 Å². The number of piperidine rings is 1. The van der Waals surface area contributed by atoms with Crippen LogP contribution in [0, 0.1) is 6.92 Å². The molecule has 0 aromatic carbocycles. The number of fused-ring (bicyclic) bond motifs is 1. The Morgan fingerprint density at radius 3 is 2.96 bits per heavy atom. The van der Waals surface area contributed by atoms with Crippen molar-refractivity contribution in [2.24, 2.45) is 0 Å². The Bertz CT molecular complexity index is 789. The van der Waals surface area contributed by atoms with Crippen LogP contribution < -0.4 is 0 Å². The molecule has 1 fully saturated rings. The van der Waals surface area contributed by atoms with Crippen molar-refractivity contribution in [1.29, 1.82) is 0 Å². The van der Waals surface area contributed by atoms with Crippen LogP contribution in [-0.2, 0) is 15.3 Å². The standard InChI is InChI=1S/C19H25N3O3S/c1-14-5-7-17-20-15(11-21(17)10-14)12-26-13-18(23)22-9-3-2-4-16(22)6-8-19(24)25/h5,7,10-11,16H,2-4,6,8-9,12-13H2,1H3,(H,24,25).